The molecule has 278 valence electrons. The molecule has 11 rings (SSSR count). The van der Waals surface area contributed by atoms with E-state index in [0.717, 1.165) is 50.2 Å². The lowest BCUT2D eigenvalue weighted by Crippen LogP contribution is -2.86. The van der Waals surface area contributed by atoms with Crippen molar-refractivity contribution in [3.8, 4) is 5.69 Å². The molecule has 8 aromatic carbocycles. The summed E-state index contributed by atoms with van der Waals surface area (Å²) in [7, 11) is 0. The first kappa shape index (κ1) is 31.7. The third kappa shape index (κ3) is 5.80. The summed E-state index contributed by atoms with van der Waals surface area (Å²) in [6.45, 7) is -3.17. The zero-order valence-corrected chi connectivity index (χ0v) is 32.2. The summed E-state index contributed by atoms with van der Waals surface area (Å²) in [5, 5.41) is 0. The summed E-state index contributed by atoms with van der Waals surface area (Å²) >= 11 is 0. The van der Waals surface area contributed by atoms with Crippen LogP contribution in [-0.2, 0) is 0 Å². The van der Waals surface area contributed by atoms with Crippen molar-refractivity contribution in [3.63, 3.8) is 0 Å². The average Bonchev–Trinajstić information content (AvgIpc) is 3.86. The number of para-hydroxylation sites is 5. The smallest absolute Gasteiger partial charge is 0.388 e. The van der Waals surface area contributed by atoms with Crippen LogP contribution in [0.4, 0.5) is 17.1 Å². The number of fused-ring (bicyclic) bond motifs is 5. The molecular formula is C50H39B3N6. The highest BCUT2D eigenvalue weighted by atomic mass is 15.3. The van der Waals surface area contributed by atoms with Crippen molar-refractivity contribution in [2.24, 2.45) is 0 Å². The summed E-state index contributed by atoms with van der Waals surface area (Å²) in [4.78, 5) is 5.15. The van der Waals surface area contributed by atoms with Crippen molar-refractivity contribution in [2.75, 3.05) is 14.2 Å². The van der Waals surface area contributed by atoms with Crippen LogP contribution >= 0.6 is 0 Å². The van der Waals surface area contributed by atoms with Crippen molar-refractivity contribution >= 4 is 82.2 Å². The monoisotopic (exact) mass is 759 g/mol. The summed E-state index contributed by atoms with van der Waals surface area (Å²) in [6.07, 6.45) is 0. The lowest BCUT2D eigenvalue weighted by molar-refractivity contribution is 1.11. The summed E-state index contributed by atoms with van der Waals surface area (Å²) in [5.41, 5.74) is 10.9. The third-order valence-corrected chi connectivity index (χ3v) is 11.6. The van der Waals surface area contributed by atoms with Crippen LogP contribution in [0.1, 0.15) is 9.68 Å². The SMILES string of the molecule is [2H]C([2H])([2H])c1cccc2c1nc1n(-c3cccc(N4B(c5ccccc5)N(c5ccccc5)B(c5ccccc5)N(c5ccccc5)B4c4ccccc4)c3)c3ccccc3n21. The van der Waals surface area contributed by atoms with E-state index in [1.54, 1.807) is 6.07 Å². The van der Waals surface area contributed by atoms with E-state index >= 15 is 0 Å². The highest BCUT2D eigenvalue weighted by Gasteiger charge is 2.55. The van der Waals surface area contributed by atoms with Crippen molar-refractivity contribution in [3.05, 3.63) is 224 Å². The zero-order valence-electron chi connectivity index (χ0n) is 35.2. The Morgan fingerprint density at radius 3 is 1.32 bits per heavy atom. The maximum Gasteiger partial charge on any atom is 0.388 e. The quantitative estimate of drug-likeness (QED) is 0.152. The third-order valence-electron chi connectivity index (χ3n) is 11.6. The van der Waals surface area contributed by atoms with Gasteiger partial charge in [0.25, 0.3) is 0 Å². The fourth-order valence-electron chi connectivity index (χ4n) is 9.16. The predicted octanol–water partition coefficient (Wildman–Crippen LogP) is 8.76. The minimum atomic E-state index is -2.32. The average molecular weight is 759 g/mol. The molecule has 10 aromatic rings. The highest BCUT2D eigenvalue weighted by molar-refractivity contribution is 7.14. The summed E-state index contributed by atoms with van der Waals surface area (Å²) in [5.74, 6) is 0.647. The minimum absolute atomic E-state index is 0.239. The number of anilines is 3. The molecule has 0 radical (unpaired) electrons. The normalized spacial score (nSPS) is 14.3. The Kier molecular flexibility index (Phi) is 7.80. The van der Waals surface area contributed by atoms with Crippen molar-refractivity contribution in [1.82, 2.24) is 14.0 Å². The van der Waals surface area contributed by atoms with Gasteiger partial charge in [-0.1, -0.05) is 158 Å². The van der Waals surface area contributed by atoms with E-state index in [4.69, 9.17) is 9.10 Å². The number of aromatic nitrogens is 3. The summed E-state index contributed by atoms with van der Waals surface area (Å²) in [6, 6.07) is 76.4. The van der Waals surface area contributed by atoms with Gasteiger partial charge in [0, 0.05) is 21.2 Å². The number of imidazole rings is 2. The molecular weight excluding hydrogens is 717 g/mol. The minimum Gasteiger partial charge on any atom is -0.416 e. The second-order valence-corrected chi connectivity index (χ2v) is 15.0. The Morgan fingerprint density at radius 2 is 0.797 bits per heavy atom. The molecule has 2 aromatic heterocycles. The molecule has 0 bridgehead atoms. The van der Waals surface area contributed by atoms with Gasteiger partial charge in [-0.3, -0.25) is 8.97 Å². The Hall–Kier alpha value is -7.38. The molecule has 9 heteroatoms. The molecule has 0 spiro atoms. The van der Waals surface area contributed by atoms with Gasteiger partial charge in [0.2, 0.25) is 5.78 Å². The van der Waals surface area contributed by atoms with E-state index in [2.05, 4.69) is 211 Å². The number of aryl methyl sites for hydroxylation is 1. The van der Waals surface area contributed by atoms with E-state index in [1.807, 2.05) is 24.3 Å². The number of hydrogen-bond donors (Lipinski definition) is 0. The van der Waals surface area contributed by atoms with E-state index in [1.165, 1.54) is 5.46 Å². The fraction of sp³-hybridized carbons (Fsp3) is 0.0200. The van der Waals surface area contributed by atoms with Gasteiger partial charge in [0.1, 0.15) is 0 Å². The lowest BCUT2D eigenvalue weighted by atomic mass is 9.37. The molecule has 0 unspecified atom stereocenters. The van der Waals surface area contributed by atoms with Crippen LogP contribution in [-0.4, -0.2) is 34.9 Å². The molecule has 6 nitrogen and oxygen atoms in total. The molecule has 0 saturated carbocycles. The predicted molar refractivity (Wildman–Crippen MR) is 250 cm³/mol. The number of hydrogen-bond acceptors (Lipinski definition) is 4. The molecule has 0 N–H and O–H groups in total. The maximum absolute atomic E-state index is 8.37. The molecule has 1 fully saturated rings. The van der Waals surface area contributed by atoms with Gasteiger partial charge in [-0.25, -0.2) is 4.98 Å². The molecule has 1 aliphatic rings. The van der Waals surface area contributed by atoms with Gasteiger partial charge in [0.15, 0.2) is 0 Å². The Bertz CT molecular complexity index is 3080. The Morgan fingerprint density at radius 1 is 0.390 bits per heavy atom. The van der Waals surface area contributed by atoms with Gasteiger partial charge in [-0.05, 0) is 89.5 Å². The first-order valence-electron chi connectivity index (χ1n) is 21.6. The second kappa shape index (κ2) is 14.5. The van der Waals surface area contributed by atoms with Crippen molar-refractivity contribution in [1.29, 1.82) is 0 Å². The zero-order chi connectivity index (χ0) is 41.8. The van der Waals surface area contributed by atoms with Gasteiger partial charge in [-0.15, -0.1) is 0 Å². The van der Waals surface area contributed by atoms with Crippen molar-refractivity contribution < 1.29 is 4.11 Å². The van der Waals surface area contributed by atoms with Crippen LogP contribution in [0.15, 0.2) is 218 Å². The Balaban J connectivity index is 1.22. The number of nitrogens with zero attached hydrogens (tertiary/aromatic N) is 6. The first-order valence-corrected chi connectivity index (χ1v) is 20.1. The molecule has 59 heavy (non-hydrogen) atoms. The standard InChI is InChI=1S/C50H39B3N6/c1-38-21-19-36-48-49(38)54-50-55(46-34-17-18-35-47(46)56(48)50)44-32-20-33-45(37-44)59-52(40-24-9-3-10-25-40)57(42-28-13-5-14-29-42)51(39-22-7-2-8-23-39)58(43-30-15-6-16-31-43)53(59)41-26-11-4-12-27-41/h2-37H,1H3/i1D3. The van der Waals surface area contributed by atoms with Crippen LogP contribution in [0, 0.1) is 6.85 Å². The number of benzene rings is 8. The molecule has 0 aliphatic carbocycles. The van der Waals surface area contributed by atoms with Crippen LogP contribution in [0.5, 0.6) is 0 Å². The van der Waals surface area contributed by atoms with E-state index in [0.29, 0.717) is 11.3 Å². The topological polar surface area (TPSA) is 32.0 Å². The lowest BCUT2D eigenvalue weighted by Gasteiger charge is -2.57. The van der Waals surface area contributed by atoms with Gasteiger partial charge < -0.3 is 14.2 Å². The van der Waals surface area contributed by atoms with Gasteiger partial charge in [-0.2, -0.15) is 0 Å². The molecule has 0 atom stereocenters. The van der Waals surface area contributed by atoms with Gasteiger partial charge in [0.05, 0.1) is 27.8 Å². The maximum atomic E-state index is 8.37. The largest absolute Gasteiger partial charge is 0.416 e. The van der Waals surface area contributed by atoms with Crippen LogP contribution < -0.4 is 30.6 Å². The molecule has 1 aliphatic heterocycles. The van der Waals surface area contributed by atoms with E-state index < -0.39 is 6.85 Å². The molecule has 3 heterocycles. The van der Waals surface area contributed by atoms with Crippen molar-refractivity contribution in [2.45, 2.75) is 6.85 Å². The van der Waals surface area contributed by atoms with Crippen LogP contribution in [0.3, 0.4) is 0 Å². The Labute approximate surface area is 349 Å². The van der Waals surface area contributed by atoms with E-state index in [-0.39, 0.29) is 26.5 Å². The highest BCUT2D eigenvalue weighted by Crippen LogP contribution is 2.36. The van der Waals surface area contributed by atoms with Crippen LogP contribution in [0.2, 0.25) is 0 Å². The first-order chi connectivity index (χ1) is 30.5. The molecule has 0 amide bonds. The van der Waals surface area contributed by atoms with Crippen LogP contribution in [0.25, 0.3) is 33.5 Å². The van der Waals surface area contributed by atoms with Gasteiger partial charge >= 0.3 is 20.9 Å². The second-order valence-electron chi connectivity index (χ2n) is 15.0. The van der Waals surface area contributed by atoms with E-state index in [9.17, 15) is 0 Å². The fourth-order valence-corrected chi connectivity index (χ4v) is 9.16. The summed E-state index contributed by atoms with van der Waals surface area (Å²) < 4.78 is 37.1. The number of rotatable bonds is 7. The molecule has 1 saturated heterocycles.